The molecule has 2 amide bonds. The van der Waals surface area contributed by atoms with E-state index >= 15 is 0 Å². The third kappa shape index (κ3) is 5.37. The number of likely N-dealkylation sites (N-methyl/N-ethyl adjacent to an activating group) is 1. The van der Waals surface area contributed by atoms with Crippen molar-refractivity contribution in [1.82, 2.24) is 10.2 Å². The second-order valence-corrected chi connectivity index (χ2v) is 8.43. The van der Waals surface area contributed by atoms with E-state index in [1.165, 1.54) is 32.2 Å². The Bertz CT molecular complexity index is 869. The molecule has 0 heterocycles. The lowest BCUT2D eigenvalue weighted by Gasteiger charge is -2.34. The molecule has 0 saturated heterocycles. The third-order valence-electron chi connectivity index (χ3n) is 5.44. The summed E-state index contributed by atoms with van der Waals surface area (Å²) >= 11 is 6.18. The average Bonchev–Trinajstić information content (AvgIpc) is 2.71. The van der Waals surface area contributed by atoms with Gasteiger partial charge in [-0.05, 0) is 23.1 Å². The van der Waals surface area contributed by atoms with E-state index in [4.69, 9.17) is 11.6 Å². The summed E-state index contributed by atoms with van der Waals surface area (Å²) in [5.41, 5.74) is 0.385. The van der Waals surface area contributed by atoms with Gasteiger partial charge in [0, 0.05) is 43.6 Å². The number of hydrogen-bond acceptors (Lipinski definition) is 3. The van der Waals surface area contributed by atoms with Crippen LogP contribution in [0.4, 0.5) is 4.39 Å². The van der Waals surface area contributed by atoms with Gasteiger partial charge in [0.25, 0.3) is 0 Å². The molecule has 2 atom stereocenters. The lowest BCUT2D eigenvalue weighted by molar-refractivity contribution is -0.137. The minimum Gasteiger partial charge on any atom is -0.396 e. The Morgan fingerprint density at radius 2 is 1.80 bits per heavy atom. The highest BCUT2D eigenvalue weighted by molar-refractivity contribution is 6.31. The number of halogens is 2. The first-order valence-corrected chi connectivity index (χ1v) is 10.1. The number of aliphatic hydroxyl groups is 1. The first-order chi connectivity index (χ1) is 14.1. The van der Waals surface area contributed by atoms with Gasteiger partial charge in [-0.15, -0.1) is 0 Å². The standard InChI is InChI=1S/C23H28ClFN2O3/c1-15(29)27(4)21(20-18(24)11-8-12-19(20)25)22(30)26-13-17(23(2,3)14-28)16-9-6-5-7-10-16/h5-12,17,21,28H,13-14H2,1-4H3,(H,26,30)/t17-,21-/m0/s1. The molecule has 2 aromatic rings. The number of nitrogens with one attached hydrogen (secondary N) is 1. The van der Waals surface area contributed by atoms with Crippen LogP contribution in [0, 0.1) is 11.2 Å². The first kappa shape index (κ1) is 23.8. The summed E-state index contributed by atoms with van der Waals surface area (Å²) in [7, 11) is 1.43. The SMILES string of the molecule is CC(=O)N(C)[C@H](C(=O)NC[C@@H](c1ccccc1)C(C)(C)CO)c1c(F)cccc1Cl. The second-order valence-electron chi connectivity index (χ2n) is 8.02. The summed E-state index contributed by atoms with van der Waals surface area (Å²) in [5.74, 6) is -1.81. The topological polar surface area (TPSA) is 69.6 Å². The van der Waals surface area contributed by atoms with Crippen molar-refractivity contribution in [2.45, 2.75) is 32.7 Å². The maximum absolute atomic E-state index is 14.6. The fourth-order valence-electron chi connectivity index (χ4n) is 3.39. The molecule has 0 saturated carbocycles. The summed E-state index contributed by atoms with van der Waals surface area (Å²) in [4.78, 5) is 26.3. The number of aliphatic hydroxyl groups excluding tert-OH is 1. The fourth-order valence-corrected chi connectivity index (χ4v) is 3.66. The van der Waals surface area contributed by atoms with Crippen molar-refractivity contribution >= 4 is 23.4 Å². The van der Waals surface area contributed by atoms with Crippen LogP contribution < -0.4 is 5.32 Å². The maximum atomic E-state index is 14.6. The monoisotopic (exact) mass is 434 g/mol. The summed E-state index contributed by atoms with van der Waals surface area (Å²) in [6.07, 6.45) is 0. The van der Waals surface area contributed by atoms with Gasteiger partial charge in [-0.25, -0.2) is 4.39 Å². The van der Waals surface area contributed by atoms with Crippen LogP contribution in [0.25, 0.3) is 0 Å². The zero-order valence-corrected chi connectivity index (χ0v) is 18.4. The Morgan fingerprint density at radius 3 is 2.33 bits per heavy atom. The number of amides is 2. The molecule has 2 rings (SSSR count). The highest BCUT2D eigenvalue weighted by atomic mass is 35.5. The van der Waals surface area contributed by atoms with Crippen molar-refractivity contribution in [3.8, 4) is 0 Å². The molecular formula is C23H28ClFN2O3. The Kier molecular flexibility index (Phi) is 7.98. The molecule has 2 aromatic carbocycles. The van der Waals surface area contributed by atoms with Crippen LogP contribution in [0.15, 0.2) is 48.5 Å². The molecule has 0 spiro atoms. The number of hydrogen-bond donors (Lipinski definition) is 2. The van der Waals surface area contributed by atoms with Crippen LogP contribution in [0.5, 0.6) is 0 Å². The average molecular weight is 435 g/mol. The smallest absolute Gasteiger partial charge is 0.247 e. The summed E-state index contributed by atoms with van der Waals surface area (Å²) < 4.78 is 14.6. The molecule has 0 aliphatic rings. The largest absolute Gasteiger partial charge is 0.396 e. The predicted molar refractivity (Wildman–Crippen MR) is 116 cm³/mol. The van der Waals surface area contributed by atoms with Gasteiger partial charge in [-0.2, -0.15) is 0 Å². The molecule has 7 heteroatoms. The van der Waals surface area contributed by atoms with E-state index in [0.29, 0.717) is 0 Å². The number of carbonyl (C=O) groups excluding carboxylic acids is 2. The molecule has 0 radical (unpaired) electrons. The van der Waals surface area contributed by atoms with Gasteiger partial charge < -0.3 is 15.3 Å². The second kappa shape index (κ2) is 10.0. The van der Waals surface area contributed by atoms with Gasteiger partial charge in [-0.1, -0.05) is 61.8 Å². The molecule has 0 fully saturated rings. The van der Waals surface area contributed by atoms with E-state index in [0.717, 1.165) is 10.5 Å². The van der Waals surface area contributed by atoms with Crippen molar-refractivity contribution in [2.24, 2.45) is 5.41 Å². The van der Waals surface area contributed by atoms with Crippen LogP contribution in [0.2, 0.25) is 5.02 Å². The van der Waals surface area contributed by atoms with Crippen LogP contribution in [0.1, 0.15) is 43.9 Å². The molecule has 0 aliphatic carbocycles. The van der Waals surface area contributed by atoms with Gasteiger partial charge in [0.1, 0.15) is 11.9 Å². The highest BCUT2D eigenvalue weighted by Crippen LogP contribution is 2.35. The van der Waals surface area contributed by atoms with E-state index in [2.05, 4.69) is 5.32 Å². The summed E-state index contributed by atoms with van der Waals surface area (Å²) in [6.45, 7) is 5.23. The maximum Gasteiger partial charge on any atom is 0.247 e. The van der Waals surface area contributed by atoms with Crippen molar-refractivity contribution in [3.63, 3.8) is 0 Å². The van der Waals surface area contributed by atoms with E-state index in [-0.39, 0.29) is 29.7 Å². The molecule has 5 nitrogen and oxygen atoms in total. The zero-order valence-electron chi connectivity index (χ0n) is 17.7. The zero-order chi connectivity index (χ0) is 22.5. The lowest BCUT2D eigenvalue weighted by Crippen LogP contribution is -2.44. The van der Waals surface area contributed by atoms with Crippen LogP contribution in [-0.4, -0.2) is 42.0 Å². The molecule has 0 aliphatic heterocycles. The number of rotatable bonds is 8. The van der Waals surface area contributed by atoms with Crippen molar-refractivity contribution in [2.75, 3.05) is 20.2 Å². The number of benzene rings is 2. The number of nitrogens with zero attached hydrogens (tertiary/aromatic N) is 1. The van der Waals surface area contributed by atoms with Gasteiger partial charge in [-0.3, -0.25) is 9.59 Å². The molecule has 162 valence electrons. The molecule has 30 heavy (non-hydrogen) atoms. The van der Waals surface area contributed by atoms with Crippen molar-refractivity contribution in [3.05, 3.63) is 70.5 Å². The Morgan fingerprint density at radius 1 is 1.17 bits per heavy atom. The Balaban J connectivity index is 2.35. The van der Waals surface area contributed by atoms with Gasteiger partial charge in [0.15, 0.2) is 0 Å². The van der Waals surface area contributed by atoms with Crippen LogP contribution in [-0.2, 0) is 9.59 Å². The lowest BCUT2D eigenvalue weighted by atomic mass is 9.75. The van der Waals surface area contributed by atoms with Gasteiger partial charge in [0.05, 0.1) is 0 Å². The van der Waals surface area contributed by atoms with E-state index < -0.39 is 29.1 Å². The number of carbonyl (C=O) groups is 2. The van der Waals surface area contributed by atoms with Crippen LogP contribution >= 0.6 is 11.6 Å². The van der Waals surface area contributed by atoms with Crippen LogP contribution in [0.3, 0.4) is 0 Å². The Labute approximate surface area is 181 Å². The molecule has 0 aromatic heterocycles. The first-order valence-electron chi connectivity index (χ1n) is 9.71. The van der Waals surface area contributed by atoms with Gasteiger partial charge in [0.2, 0.25) is 11.8 Å². The van der Waals surface area contributed by atoms with Gasteiger partial charge >= 0.3 is 0 Å². The fraction of sp³-hybridized carbons (Fsp3) is 0.391. The van der Waals surface area contributed by atoms with E-state index in [9.17, 15) is 19.1 Å². The summed E-state index contributed by atoms with van der Waals surface area (Å²) in [6, 6.07) is 12.5. The summed E-state index contributed by atoms with van der Waals surface area (Å²) in [5, 5.41) is 12.8. The minimum absolute atomic E-state index is 0.0490. The Hall–Kier alpha value is -2.44. The van der Waals surface area contributed by atoms with Crippen molar-refractivity contribution in [1.29, 1.82) is 0 Å². The molecule has 0 unspecified atom stereocenters. The molecular weight excluding hydrogens is 407 g/mol. The van der Waals surface area contributed by atoms with E-state index in [1.807, 2.05) is 44.2 Å². The highest BCUT2D eigenvalue weighted by Gasteiger charge is 2.34. The quantitative estimate of drug-likeness (QED) is 0.661. The predicted octanol–water partition coefficient (Wildman–Crippen LogP) is 3.92. The third-order valence-corrected chi connectivity index (χ3v) is 5.77. The minimum atomic E-state index is -1.22. The normalized spacial score (nSPS) is 13.4. The van der Waals surface area contributed by atoms with E-state index in [1.54, 1.807) is 0 Å². The molecule has 0 bridgehead atoms. The van der Waals surface area contributed by atoms with Crippen molar-refractivity contribution < 1.29 is 19.1 Å². The molecule has 2 N–H and O–H groups in total.